The van der Waals surface area contributed by atoms with Crippen LogP contribution in [0.25, 0.3) is 6.08 Å². The van der Waals surface area contributed by atoms with Crippen molar-refractivity contribution < 1.29 is 41.9 Å². The highest BCUT2D eigenvalue weighted by Crippen LogP contribution is 2.45. The van der Waals surface area contributed by atoms with Crippen LogP contribution in [-0.4, -0.2) is 90.3 Å². The Hall–Kier alpha value is -4.40. The smallest absolute Gasteiger partial charge is 0.410 e. The molecule has 1 aromatic carbocycles. The first-order chi connectivity index (χ1) is 23.5. The van der Waals surface area contributed by atoms with Crippen molar-refractivity contribution in [2.24, 2.45) is 5.92 Å². The normalized spacial score (nSPS) is 28.5. The van der Waals surface area contributed by atoms with E-state index in [1.165, 1.54) is 11.0 Å². The van der Waals surface area contributed by atoms with Crippen molar-refractivity contribution in [2.75, 3.05) is 13.2 Å². The third-order valence-corrected chi connectivity index (χ3v) is 11.7. The molecule has 3 fully saturated rings. The quantitative estimate of drug-likeness (QED) is 0.327. The molecular weight excluding hydrogens is 654 g/mol. The Morgan fingerprint density at radius 2 is 1.98 bits per heavy atom. The molecular formula is C34H43N5O9S. The van der Waals surface area contributed by atoms with E-state index in [0.717, 1.165) is 23.1 Å². The second-order valence-corrected chi connectivity index (χ2v) is 15.4. The fourth-order valence-corrected chi connectivity index (χ4v) is 8.19. The van der Waals surface area contributed by atoms with Crippen molar-refractivity contribution in [3.63, 3.8) is 0 Å². The molecule has 15 heteroatoms. The Balaban J connectivity index is 1.26. The van der Waals surface area contributed by atoms with E-state index in [2.05, 4.69) is 21.9 Å². The SMILES string of the molecule is C=C[C@@H]1C[C@]1(NC(=O)[C@@H]1C[C@@H]2CN1C(=O)[C@H](CCCC)NC(=O)OCCC=Cc1cccc3c1CN(C3)C(=O)O2)C(=O)NS(=O)(=O)C1CC1. The van der Waals surface area contributed by atoms with Gasteiger partial charge in [0, 0.05) is 18.9 Å². The van der Waals surface area contributed by atoms with Gasteiger partial charge in [-0.2, -0.15) is 0 Å². The maximum atomic E-state index is 14.1. The van der Waals surface area contributed by atoms with Gasteiger partial charge in [-0.1, -0.05) is 56.2 Å². The first-order valence-corrected chi connectivity index (χ1v) is 18.5. The number of carbonyl (C=O) groups excluding carboxylic acids is 5. The molecule has 3 heterocycles. The fourth-order valence-electron chi connectivity index (χ4n) is 6.82. The molecule has 2 aliphatic carbocycles. The van der Waals surface area contributed by atoms with Gasteiger partial charge in [0.25, 0.3) is 5.91 Å². The van der Waals surface area contributed by atoms with Gasteiger partial charge in [-0.25, -0.2) is 18.0 Å². The average Bonchev–Trinajstić information content (AvgIpc) is 3.96. The monoisotopic (exact) mass is 697 g/mol. The minimum absolute atomic E-state index is 0.0696. The summed E-state index contributed by atoms with van der Waals surface area (Å²) in [4.78, 5) is 70.6. The largest absolute Gasteiger partial charge is 0.449 e. The van der Waals surface area contributed by atoms with Gasteiger partial charge < -0.3 is 25.0 Å². The Bertz CT molecular complexity index is 1680. The number of rotatable bonds is 9. The van der Waals surface area contributed by atoms with Crippen molar-refractivity contribution in [1.29, 1.82) is 0 Å². The summed E-state index contributed by atoms with van der Waals surface area (Å²) in [5, 5.41) is 4.74. The lowest BCUT2D eigenvalue weighted by Crippen LogP contribution is -2.58. The number of benzene rings is 1. The van der Waals surface area contributed by atoms with E-state index in [0.29, 0.717) is 38.8 Å². The number of carbonyl (C=O) groups is 5. The maximum absolute atomic E-state index is 14.1. The van der Waals surface area contributed by atoms with Gasteiger partial charge in [-0.3, -0.25) is 24.0 Å². The third-order valence-electron chi connectivity index (χ3n) is 9.89. The number of unbranched alkanes of at least 4 members (excludes halogenated alkanes) is 1. The maximum Gasteiger partial charge on any atom is 0.410 e. The Labute approximate surface area is 285 Å². The highest BCUT2D eigenvalue weighted by atomic mass is 32.2. The van der Waals surface area contributed by atoms with Crippen LogP contribution < -0.4 is 15.4 Å². The fraction of sp³-hybridized carbons (Fsp3) is 0.559. The molecule has 5 atom stereocenters. The lowest BCUT2D eigenvalue weighted by atomic mass is 10.0. The van der Waals surface area contributed by atoms with Crippen LogP contribution in [0.2, 0.25) is 0 Å². The summed E-state index contributed by atoms with van der Waals surface area (Å²) in [6.45, 7) is 6.27. The van der Waals surface area contributed by atoms with Crippen molar-refractivity contribution >= 4 is 46.0 Å². The molecule has 5 amide bonds. The van der Waals surface area contributed by atoms with Crippen LogP contribution >= 0.6 is 0 Å². The lowest BCUT2D eigenvalue weighted by molar-refractivity contribution is -0.141. The zero-order valence-electron chi connectivity index (χ0n) is 27.5. The Morgan fingerprint density at radius 1 is 1.18 bits per heavy atom. The molecule has 3 aliphatic heterocycles. The van der Waals surface area contributed by atoms with Crippen molar-refractivity contribution in [1.82, 2.24) is 25.2 Å². The van der Waals surface area contributed by atoms with Crippen LogP contribution in [0.1, 0.15) is 75.0 Å². The van der Waals surface area contributed by atoms with Crippen LogP contribution in [0.4, 0.5) is 9.59 Å². The predicted molar refractivity (Wildman–Crippen MR) is 177 cm³/mol. The van der Waals surface area contributed by atoms with Crippen molar-refractivity contribution in [3.8, 4) is 0 Å². The lowest BCUT2D eigenvalue weighted by Gasteiger charge is -2.29. The number of sulfonamides is 1. The molecule has 2 saturated carbocycles. The van der Waals surface area contributed by atoms with E-state index in [9.17, 15) is 32.4 Å². The van der Waals surface area contributed by atoms with Crippen LogP contribution in [0.3, 0.4) is 0 Å². The van der Waals surface area contributed by atoms with Crippen LogP contribution in [0, 0.1) is 5.92 Å². The first-order valence-electron chi connectivity index (χ1n) is 16.9. The minimum atomic E-state index is -3.90. The van der Waals surface area contributed by atoms with Gasteiger partial charge in [0.1, 0.15) is 23.7 Å². The first kappa shape index (κ1) is 34.5. The summed E-state index contributed by atoms with van der Waals surface area (Å²) in [7, 11) is -3.90. The van der Waals surface area contributed by atoms with Gasteiger partial charge in [0.2, 0.25) is 21.8 Å². The number of nitrogens with one attached hydrogen (secondary N) is 3. The zero-order valence-corrected chi connectivity index (χ0v) is 28.3. The van der Waals surface area contributed by atoms with E-state index < -0.39 is 74.8 Å². The van der Waals surface area contributed by atoms with Gasteiger partial charge in [-0.05, 0) is 48.8 Å². The molecule has 14 nitrogen and oxygen atoms in total. The standard InChI is InChI=1S/C34H43N5O9S/c1-3-5-12-27-30(41)39-19-24(16-28(39)29(40)36-34(17-23(34)4-2)31(42)37-49(45,46)25-13-14-25)48-33(44)38-18-22-11-8-10-21(26(22)20-38)9-6-7-15-47-32(43)35-27/h4,6,8-11,23-25,27-28H,2-3,5,7,12-20H2,1H3,(H,35,43)(H,36,40)(H,37,42)/t23-,24-,27+,28+,34-/m1/s1. The molecule has 0 aromatic heterocycles. The van der Waals surface area contributed by atoms with Gasteiger partial charge >= 0.3 is 12.2 Å². The van der Waals surface area contributed by atoms with Crippen LogP contribution in [0.5, 0.6) is 0 Å². The number of alkyl carbamates (subject to hydrolysis) is 1. The summed E-state index contributed by atoms with van der Waals surface area (Å²) in [5.41, 5.74) is 1.32. The summed E-state index contributed by atoms with van der Waals surface area (Å²) in [6.07, 6.45) is 6.04. The van der Waals surface area contributed by atoms with Gasteiger partial charge in [-0.15, -0.1) is 6.58 Å². The van der Waals surface area contributed by atoms with Crippen LogP contribution in [-0.2, 0) is 47.0 Å². The molecule has 264 valence electrons. The number of hydrogen-bond donors (Lipinski definition) is 3. The molecule has 3 N–H and O–H groups in total. The topological polar surface area (TPSA) is 181 Å². The molecule has 0 radical (unpaired) electrons. The zero-order chi connectivity index (χ0) is 34.9. The van der Waals surface area contributed by atoms with E-state index in [4.69, 9.17) is 9.47 Å². The number of cyclic esters (lactones) is 1. The average molecular weight is 698 g/mol. The van der Waals surface area contributed by atoms with Crippen molar-refractivity contribution in [3.05, 3.63) is 53.6 Å². The minimum Gasteiger partial charge on any atom is -0.449 e. The Kier molecular flexibility index (Phi) is 9.74. The van der Waals surface area contributed by atoms with Gasteiger partial charge in [0.05, 0.1) is 24.9 Å². The molecule has 4 bridgehead atoms. The number of fused-ring (bicyclic) bond motifs is 3. The molecule has 1 saturated heterocycles. The highest BCUT2D eigenvalue weighted by Gasteiger charge is 2.62. The summed E-state index contributed by atoms with van der Waals surface area (Å²) in [6, 6.07) is 3.58. The van der Waals surface area contributed by atoms with E-state index in [-0.39, 0.29) is 32.4 Å². The molecule has 0 spiro atoms. The summed E-state index contributed by atoms with van der Waals surface area (Å²) < 4.78 is 38.6. The summed E-state index contributed by atoms with van der Waals surface area (Å²) in [5.74, 6) is -2.66. The van der Waals surface area contributed by atoms with E-state index in [1.807, 2.05) is 37.3 Å². The third kappa shape index (κ3) is 7.31. The highest BCUT2D eigenvalue weighted by molar-refractivity contribution is 7.91. The molecule has 49 heavy (non-hydrogen) atoms. The molecule has 5 aliphatic rings. The van der Waals surface area contributed by atoms with Crippen molar-refractivity contribution in [2.45, 2.75) is 100 Å². The number of nitrogens with zero attached hydrogens (tertiary/aromatic N) is 2. The number of ether oxygens (including phenoxy) is 2. The molecule has 0 unspecified atom stereocenters. The van der Waals surface area contributed by atoms with Gasteiger partial charge in [0.15, 0.2) is 0 Å². The number of amides is 5. The van der Waals surface area contributed by atoms with E-state index >= 15 is 0 Å². The second kappa shape index (κ2) is 13.8. The number of hydrogen-bond acceptors (Lipinski definition) is 9. The van der Waals surface area contributed by atoms with E-state index in [1.54, 1.807) is 4.90 Å². The van der Waals surface area contributed by atoms with Crippen LogP contribution in [0.15, 0.2) is 36.9 Å². The molecule has 1 aromatic rings. The molecule has 6 rings (SSSR count). The second-order valence-electron chi connectivity index (χ2n) is 13.4. The Morgan fingerprint density at radius 3 is 2.69 bits per heavy atom. The predicted octanol–water partition coefficient (Wildman–Crippen LogP) is 2.48. The summed E-state index contributed by atoms with van der Waals surface area (Å²) >= 11 is 0.